The second-order valence-electron chi connectivity index (χ2n) is 3.24. The van der Waals surface area contributed by atoms with Gasteiger partial charge in [-0.2, -0.15) is 5.10 Å². The van der Waals surface area contributed by atoms with Crippen LogP contribution < -0.4 is 5.32 Å². The molecule has 4 nitrogen and oxygen atoms in total. The summed E-state index contributed by atoms with van der Waals surface area (Å²) in [7, 11) is 1.94. The Labute approximate surface area is 87.8 Å². The Bertz CT molecular complexity index is 331. The van der Waals surface area contributed by atoms with Gasteiger partial charge in [0.2, 0.25) is 0 Å². The summed E-state index contributed by atoms with van der Waals surface area (Å²) in [4.78, 5) is 4.39. The van der Waals surface area contributed by atoms with Crippen molar-refractivity contribution in [3.63, 3.8) is 0 Å². The van der Waals surface area contributed by atoms with Gasteiger partial charge >= 0.3 is 0 Å². The van der Waals surface area contributed by atoms with E-state index < -0.39 is 0 Å². The van der Waals surface area contributed by atoms with Gasteiger partial charge in [0.05, 0.1) is 5.69 Å². The molecule has 0 spiro atoms. The molecule has 0 unspecified atom stereocenters. The summed E-state index contributed by atoms with van der Waals surface area (Å²) in [5.41, 5.74) is 1.10. The van der Waals surface area contributed by atoms with Crippen molar-refractivity contribution in [3.8, 4) is 0 Å². The van der Waals surface area contributed by atoms with Crippen molar-refractivity contribution >= 4 is 16.9 Å². The maximum absolute atomic E-state index is 4.39. The molecule has 1 aromatic heterocycles. The fraction of sp³-hybridized carbons (Fsp3) is 0.556. The zero-order valence-corrected chi connectivity index (χ0v) is 9.05. The highest BCUT2D eigenvalue weighted by atomic mass is 32.2. The minimum absolute atomic E-state index is 0.896. The molecule has 0 amide bonds. The van der Waals surface area contributed by atoms with E-state index in [9.17, 15) is 0 Å². The van der Waals surface area contributed by atoms with Crippen LogP contribution in [0, 0.1) is 0 Å². The SMILES string of the molecule is Cn1ccc(CSC2=NCCCN2)n1. The molecule has 0 saturated carbocycles. The molecule has 0 aromatic carbocycles. The first-order valence-electron chi connectivity index (χ1n) is 4.74. The van der Waals surface area contributed by atoms with Crippen molar-refractivity contribution in [1.29, 1.82) is 0 Å². The molecule has 0 fully saturated rings. The van der Waals surface area contributed by atoms with E-state index in [0.717, 1.165) is 36.1 Å². The maximum atomic E-state index is 4.39. The third-order valence-corrected chi connectivity index (χ3v) is 2.98. The van der Waals surface area contributed by atoms with E-state index in [1.165, 1.54) is 0 Å². The maximum Gasteiger partial charge on any atom is 0.156 e. The van der Waals surface area contributed by atoms with E-state index in [0.29, 0.717) is 0 Å². The van der Waals surface area contributed by atoms with Gasteiger partial charge < -0.3 is 5.32 Å². The second-order valence-corrected chi connectivity index (χ2v) is 4.20. The summed E-state index contributed by atoms with van der Waals surface area (Å²) >= 11 is 1.73. The van der Waals surface area contributed by atoms with Crippen molar-refractivity contribution in [1.82, 2.24) is 15.1 Å². The molecule has 0 aliphatic carbocycles. The van der Waals surface area contributed by atoms with Crippen LogP contribution >= 0.6 is 11.8 Å². The highest BCUT2D eigenvalue weighted by Crippen LogP contribution is 2.12. The zero-order valence-electron chi connectivity index (χ0n) is 8.23. The number of thioether (sulfide) groups is 1. The van der Waals surface area contributed by atoms with Gasteiger partial charge in [0, 0.05) is 32.1 Å². The molecule has 76 valence electrons. The first-order chi connectivity index (χ1) is 6.84. The van der Waals surface area contributed by atoms with Crippen molar-refractivity contribution in [2.45, 2.75) is 12.2 Å². The Balaban J connectivity index is 1.84. The van der Waals surface area contributed by atoms with Crippen LogP contribution in [0.2, 0.25) is 0 Å². The third-order valence-electron chi connectivity index (χ3n) is 1.99. The molecule has 2 heterocycles. The van der Waals surface area contributed by atoms with Crippen molar-refractivity contribution < 1.29 is 0 Å². The topological polar surface area (TPSA) is 42.2 Å². The predicted octanol–water partition coefficient (Wildman–Crippen LogP) is 1.00. The van der Waals surface area contributed by atoms with Crippen LogP contribution in [0.3, 0.4) is 0 Å². The Morgan fingerprint density at radius 3 is 3.21 bits per heavy atom. The van der Waals surface area contributed by atoms with Gasteiger partial charge in [-0.25, -0.2) is 0 Å². The largest absolute Gasteiger partial charge is 0.365 e. The minimum atomic E-state index is 0.896. The molecule has 0 radical (unpaired) electrons. The standard InChI is InChI=1S/C9H14N4S/c1-13-6-3-8(12-13)7-14-9-10-4-2-5-11-9/h3,6H,2,4-5,7H2,1H3,(H,10,11). The van der Waals surface area contributed by atoms with Crippen LogP contribution in [0.25, 0.3) is 0 Å². The molecule has 1 aliphatic heterocycles. The van der Waals surface area contributed by atoms with Crippen LogP contribution in [-0.2, 0) is 12.8 Å². The van der Waals surface area contributed by atoms with E-state index in [1.807, 2.05) is 24.0 Å². The Kier molecular flexibility index (Phi) is 3.08. The Morgan fingerprint density at radius 2 is 2.57 bits per heavy atom. The van der Waals surface area contributed by atoms with Crippen LogP contribution in [-0.4, -0.2) is 28.0 Å². The zero-order chi connectivity index (χ0) is 9.80. The first-order valence-corrected chi connectivity index (χ1v) is 5.73. The molecule has 0 atom stereocenters. The lowest BCUT2D eigenvalue weighted by Gasteiger charge is -2.12. The summed E-state index contributed by atoms with van der Waals surface area (Å²) in [5.74, 6) is 0.896. The highest BCUT2D eigenvalue weighted by molar-refractivity contribution is 8.13. The van der Waals surface area contributed by atoms with E-state index in [1.54, 1.807) is 11.8 Å². The lowest BCUT2D eigenvalue weighted by molar-refractivity contribution is 0.749. The van der Waals surface area contributed by atoms with Crippen LogP contribution in [0.4, 0.5) is 0 Å². The van der Waals surface area contributed by atoms with E-state index in [2.05, 4.69) is 15.4 Å². The quantitative estimate of drug-likeness (QED) is 0.792. The predicted molar refractivity (Wildman–Crippen MR) is 59.4 cm³/mol. The number of nitrogens with zero attached hydrogens (tertiary/aromatic N) is 3. The van der Waals surface area contributed by atoms with Crippen LogP contribution in [0.5, 0.6) is 0 Å². The molecule has 14 heavy (non-hydrogen) atoms. The summed E-state index contributed by atoms with van der Waals surface area (Å²) in [5, 5.41) is 8.64. The number of hydrogen-bond donors (Lipinski definition) is 1. The molecule has 1 aromatic rings. The van der Waals surface area contributed by atoms with E-state index in [-0.39, 0.29) is 0 Å². The molecular formula is C9H14N4S. The average molecular weight is 210 g/mol. The molecule has 1 aliphatic rings. The first kappa shape index (κ1) is 9.58. The van der Waals surface area contributed by atoms with Crippen LogP contribution in [0.1, 0.15) is 12.1 Å². The van der Waals surface area contributed by atoms with E-state index in [4.69, 9.17) is 0 Å². The number of aryl methyl sites for hydroxylation is 1. The average Bonchev–Trinajstić information content (AvgIpc) is 2.63. The molecule has 1 N–H and O–H groups in total. The number of amidine groups is 1. The third kappa shape index (κ3) is 2.51. The number of rotatable bonds is 2. The van der Waals surface area contributed by atoms with Gasteiger partial charge in [0.25, 0.3) is 0 Å². The van der Waals surface area contributed by atoms with Gasteiger partial charge in [-0.3, -0.25) is 9.67 Å². The van der Waals surface area contributed by atoms with Crippen LogP contribution in [0.15, 0.2) is 17.3 Å². The molecule has 5 heteroatoms. The fourth-order valence-corrected chi connectivity index (χ4v) is 2.12. The fourth-order valence-electron chi connectivity index (χ4n) is 1.29. The summed E-state index contributed by atoms with van der Waals surface area (Å²) in [6.07, 6.45) is 3.11. The Morgan fingerprint density at radius 1 is 1.64 bits per heavy atom. The number of hydrogen-bond acceptors (Lipinski definition) is 4. The van der Waals surface area contributed by atoms with Crippen molar-refractivity contribution in [2.75, 3.05) is 13.1 Å². The lowest BCUT2D eigenvalue weighted by Crippen LogP contribution is -2.26. The number of aromatic nitrogens is 2. The highest BCUT2D eigenvalue weighted by Gasteiger charge is 2.05. The van der Waals surface area contributed by atoms with Gasteiger partial charge in [-0.15, -0.1) is 0 Å². The second kappa shape index (κ2) is 4.50. The lowest BCUT2D eigenvalue weighted by atomic mass is 10.4. The molecular weight excluding hydrogens is 196 g/mol. The van der Waals surface area contributed by atoms with E-state index >= 15 is 0 Å². The summed E-state index contributed by atoms with van der Waals surface area (Å²) < 4.78 is 1.83. The van der Waals surface area contributed by atoms with Gasteiger partial charge in [-0.05, 0) is 12.5 Å². The summed E-state index contributed by atoms with van der Waals surface area (Å²) in [6, 6.07) is 2.04. The number of nitrogens with one attached hydrogen (secondary N) is 1. The normalized spacial score (nSPS) is 16.2. The Hall–Kier alpha value is -0.970. The van der Waals surface area contributed by atoms with Gasteiger partial charge in [0.1, 0.15) is 0 Å². The van der Waals surface area contributed by atoms with Gasteiger partial charge in [-0.1, -0.05) is 11.8 Å². The molecule has 0 saturated heterocycles. The van der Waals surface area contributed by atoms with Gasteiger partial charge in [0.15, 0.2) is 5.17 Å². The molecule has 2 rings (SSSR count). The van der Waals surface area contributed by atoms with Crippen molar-refractivity contribution in [3.05, 3.63) is 18.0 Å². The number of aliphatic imine (C=N–C) groups is 1. The monoisotopic (exact) mass is 210 g/mol. The smallest absolute Gasteiger partial charge is 0.156 e. The molecule has 0 bridgehead atoms. The summed E-state index contributed by atoms with van der Waals surface area (Å²) in [6.45, 7) is 2.01. The van der Waals surface area contributed by atoms with Crippen molar-refractivity contribution in [2.24, 2.45) is 12.0 Å². The minimum Gasteiger partial charge on any atom is -0.365 e.